The summed E-state index contributed by atoms with van der Waals surface area (Å²) in [7, 11) is -3.87. The Hall–Kier alpha value is -3.47. The molecular weight excluding hydrogens is 492 g/mol. The van der Waals surface area contributed by atoms with Crippen molar-refractivity contribution in [3.05, 3.63) is 88.7 Å². The van der Waals surface area contributed by atoms with Gasteiger partial charge in [-0.05, 0) is 42.2 Å². The molecule has 2 atom stereocenters. The van der Waals surface area contributed by atoms with Crippen LogP contribution in [0.15, 0.2) is 65.6 Å². The van der Waals surface area contributed by atoms with E-state index in [4.69, 9.17) is 9.88 Å². The zero-order valence-corrected chi connectivity index (χ0v) is 21.8. The second kappa shape index (κ2) is 11.3. The number of amides is 2. The number of primary sulfonamides is 1. The summed E-state index contributed by atoms with van der Waals surface area (Å²) in [5, 5.41) is 11.4. The van der Waals surface area contributed by atoms with E-state index in [2.05, 4.69) is 10.6 Å². The maximum absolute atomic E-state index is 13.4. The second-order valence-electron chi connectivity index (χ2n) is 8.99. The number of rotatable bonds is 9. The summed E-state index contributed by atoms with van der Waals surface area (Å²) >= 11 is 0. The summed E-state index contributed by atoms with van der Waals surface area (Å²) < 4.78 is 31.0. The number of benzene rings is 2. The van der Waals surface area contributed by atoms with Crippen LogP contribution in [0.25, 0.3) is 0 Å². The van der Waals surface area contributed by atoms with Gasteiger partial charge in [0.15, 0.2) is 0 Å². The fraction of sp³-hybridized carbons (Fsp3) is 0.333. The van der Waals surface area contributed by atoms with Gasteiger partial charge in [-0.1, -0.05) is 56.3 Å². The van der Waals surface area contributed by atoms with E-state index in [1.807, 2.05) is 48.7 Å². The lowest BCUT2D eigenvalue weighted by Gasteiger charge is -2.22. The number of hydrogen-bond acceptors (Lipinski definition) is 5. The number of nitrogens with two attached hydrogens (primary N) is 1. The van der Waals surface area contributed by atoms with Gasteiger partial charge in [-0.25, -0.2) is 13.6 Å². The van der Waals surface area contributed by atoms with Crippen molar-refractivity contribution in [3.63, 3.8) is 0 Å². The molecular formula is C27H32N4O5S. The highest BCUT2D eigenvalue weighted by Gasteiger charge is 2.28. The molecule has 0 aliphatic carbocycles. The van der Waals surface area contributed by atoms with Crippen molar-refractivity contribution in [2.24, 2.45) is 5.14 Å². The monoisotopic (exact) mass is 524 g/mol. The highest BCUT2D eigenvalue weighted by atomic mass is 32.2. The Labute approximate surface area is 217 Å². The maximum Gasteiger partial charge on any atom is 0.268 e. The van der Waals surface area contributed by atoms with Crippen LogP contribution >= 0.6 is 0 Å². The third kappa shape index (κ3) is 5.93. The minimum Gasteiger partial charge on any atom is -0.373 e. The van der Waals surface area contributed by atoms with Crippen molar-refractivity contribution in [2.45, 2.75) is 56.8 Å². The summed E-state index contributed by atoms with van der Waals surface area (Å²) in [5.74, 6) is -0.623. The quantitative estimate of drug-likeness (QED) is 0.395. The molecule has 2 aromatic carbocycles. The van der Waals surface area contributed by atoms with Crippen molar-refractivity contribution in [1.82, 2.24) is 15.2 Å². The Balaban J connectivity index is 1.60. The summed E-state index contributed by atoms with van der Waals surface area (Å²) in [6, 6.07) is 17.0. The molecule has 3 aromatic rings. The summed E-state index contributed by atoms with van der Waals surface area (Å²) in [5.41, 5.74) is 3.05. The van der Waals surface area contributed by atoms with E-state index in [9.17, 15) is 18.0 Å². The highest BCUT2D eigenvalue weighted by molar-refractivity contribution is 7.89. The first-order valence-electron chi connectivity index (χ1n) is 12.3. The number of carbonyl (C=O) groups is 2. The van der Waals surface area contributed by atoms with Crippen LogP contribution in [0.3, 0.4) is 0 Å². The third-order valence-corrected chi connectivity index (χ3v) is 7.51. The van der Waals surface area contributed by atoms with Gasteiger partial charge in [-0.2, -0.15) is 0 Å². The lowest BCUT2D eigenvalue weighted by Crippen LogP contribution is -2.31. The first-order valence-corrected chi connectivity index (χ1v) is 13.9. The zero-order chi connectivity index (χ0) is 26.6. The van der Waals surface area contributed by atoms with Gasteiger partial charge < -0.3 is 19.9 Å². The van der Waals surface area contributed by atoms with Crippen molar-refractivity contribution < 1.29 is 22.7 Å². The van der Waals surface area contributed by atoms with E-state index in [-0.39, 0.29) is 29.4 Å². The summed E-state index contributed by atoms with van der Waals surface area (Å²) in [6.45, 7) is 5.00. The minimum absolute atomic E-state index is 0.0160. The average Bonchev–Trinajstić information content (AvgIpc) is 3.30. The van der Waals surface area contributed by atoms with Gasteiger partial charge in [0.2, 0.25) is 10.0 Å². The molecule has 1 unspecified atom stereocenters. The fourth-order valence-corrected chi connectivity index (χ4v) is 5.18. The van der Waals surface area contributed by atoms with Gasteiger partial charge in [-0.3, -0.25) is 9.59 Å². The highest BCUT2D eigenvalue weighted by Crippen LogP contribution is 2.25. The molecule has 0 bridgehead atoms. The number of nitrogens with one attached hydrogen (secondary N) is 2. The van der Waals surface area contributed by atoms with Gasteiger partial charge >= 0.3 is 0 Å². The Kier molecular flexibility index (Phi) is 8.11. The standard InChI is InChI=1S/C27H32N4O5S/c1-3-22(18-9-6-5-7-10-18)29-26(32)21-16-24(31-13-14-36-17-25(21)31)27(33)30-23(4-2)19-11-8-12-20(15-19)37(28,34)35/h5-12,15-16,22-23H,3-4,13-14,17H2,1-2H3,(H,29,32)(H,30,33)(H2,28,34,35)/t22-,23?/m1/s1. The Morgan fingerprint density at radius 2 is 1.59 bits per heavy atom. The Bertz CT molecular complexity index is 1390. The largest absolute Gasteiger partial charge is 0.373 e. The van der Waals surface area contributed by atoms with Crippen molar-refractivity contribution in [2.75, 3.05) is 6.61 Å². The minimum atomic E-state index is -3.87. The lowest BCUT2D eigenvalue weighted by molar-refractivity contribution is 0.0773. The predicted octanol–water partition coefficient (Wildman–Crippen LogP) is 3.43. The molecule has 37 heavy (non-hydrogen) atoms. The molecule has 0 saturated heterocycles. The van der Waals surface area contributed by atoms with E-state index in [1.165, 1.54) is 12.1 Å². The lowest BCUT2D eigenvalue weighted by atomic mass is 10.0. The number of ether oxygens (including phenoxy) is 1. The van der Waals surface area contributed by atoms with Crippen LogP contribution in [0.1, 0.15) is 76.4 Å². The van der Waals surface area contributed by atoms with Gasteiger partial charge in [0.25, 0.3) is 11.8 Å². The smallest absolute Gasteiger partial charge is 0.268 e. The van der Waals surface area contributed by atoms with Crippen LogP contribution in [0.2, 0.25) is 0 Å². The van der Waals surface area contributed by atoms with Crippen LogP contribution in [0.4, 0.5) is 0 Å². The molecule has 0 saturated carbocycles. The van der Waals surface area contributed by atoms with E-state index in [0.29, 0.717) is 48.5 Å². The second-order valence-corrected chi connectivity index (χ2v) is 10.6. The fourth-order valence-electron chi connectivity index (χ4n) is 4.61. The topological polar surface area (TPSA) is 133 Å². The normalized spacial score (nSPS) is 14.9. The zero-order valence-electron chi connectivity index (χ0n) is 20.9. The maximum atomic E-state index is 13.4. The first kappa shape index (κ1) is 26.6. The SMILES string of the molecule is CCC(NC(=O)c1cc(C(=O)N[C@H](CC)c2ccccc2)c2n1CCOC2)c1cccc(S(N)(=O)=O)c1. The summed E-state index contributed by atoms with van der Waals surface area (Å²) in [4.78, 5) is 26.8. The van der Waals surface area contributed by atoms with Gasteiger partial charge in [-0.15, -0.1) is 0 Å². The molecule has 4 N–H and O–H groups in total. The molecule has 10 heteroatoms. The number of carbonyl (C=O) groups excluding carboxylic acids is 2. The molecule has 9 nitrogen and oxygen atoms in total. The Morgan fingerprint density at radius 1 is 0.946 bits per heavy atom. The molecule has 1 aromatic heterocycles. The third-order valence-electron chi connectivity index (χ3n) is 6.60. The van der Waals surface area contributed by atoms with Crippen LogP contribution < -0.4 is 15.8 Å². The van der Waals surface area contributed by atoms with Crippen molar-refractivity contribution >= 4 is 21.8 Å². The molecule has 2 heterocycles. The molecule has 0 radical (unpaired) electrons. The van der Waals surface area contributed by atoms with Gasteiger partial charge in [0.1, 0.15) is 5.69 Å². The molecule has 196 valence electrons. The molecule has 4 rings (SSSR count). The molecule has 2 amide bonds. The molecule has 0 fully saturated rings. The van der Waals surface area contributed by atoms with Crippen molar-refractivity contribution in [1.29, 1.82) is 0 Å². The number of aromatic nitrogens is 1. The van der Waals surface area contributed by atoms with Crippen LogP contribution in [0, 0.1) is 0 Å². The first-order chi connectivity index (χ1) is 17.7. The number of sulfonamides is 1. The number of nitrogens with zero attached hydrogens (tertiary/aromatic N) is 1. The van der Waals surface area contributed by atoms with Crippen LogP contribution in [-0.4, -0.2) is 31.4 Å². The predicted molar refractivity (Wildman–Crippen MR) is 139 cm³/mol. The van der Waals surface area contributed by atoms with Crippen LogP contribution in [-0.2, 0) is 27.9 Å². The Morgan fingerprint density at radius 3 is 2.27 bits per heavy atom. The van der Waals surface area contributed by atoms with Gasteiger partial charge in [0.05, 0.1) is 41.5 Å². The van der Waals surface area contributed by atoms with Gasteiger partial charge in [0, 0.05) is 6.54 Å². The number of hydrogen-bond donors (Lipinski definition) is 3. The van der Waals surface area contributed by atoms with E-state index in [0.717, 1.165) is 5.56 Å². The number of fused-ring (bicyclic) bond motifs is 1. The van der Waals surface area contributed by atoms with Crippen LogP contribution in [0.5, 0.6) is 0 Å². The molecule has 1 aliphatic rings. The van der Waals surface area contributed by atoms with Crippen molar-refractivity contribution in [3.8, 4) is 0 Å². The summed E-state index contributed by atoms with van der Waals surface area (Å²) in [6.07, 6.45) is 1.24. The van der Waals surface area contributed by atoms with E-state index < -0.39 is 16.1 Å². The van der Waals surface area contributed by atoms with E-state index >= 15 is 0 Å². The molecule has 0 spiro atoms. The van der Waals surface area contributed by atoms with E-state index in [1.54, 1.807) is 18.2 Å². The average molecular weight is 525 g/mol. The molecule has 1 aliphatic heterocycles.